The molecule has 0 bridgehead atoms. The Kier molecular flexibility index (Phi) is 3.00. The van der Waals surface area contributed by atoms with Crippen LogP contribution in [0.15, 0.2) is 42.6 Å². The van der Waals surface area contributed by atoms with Crippen molar-refractivity contribution in [2.24, 2.45) is 0 Å². The van der Waals surface area contributed by atoms with Crippen LogP contribution in [0.3, 0.4) is 0 Å². The Hall–Kier alpha value is -2.60. The summed E-state index contributed by atoms with van der Waals surface area (Å²) in [6.45, 7) is 0. The molecule has 0 radical (unpaired) electrons. The molecule has 2 aromatic heterocycles. The van der Waals surface area contributed by atoms with Gasteiger partial charge in [-0.1, -0.05) is 11.6 Å². The molecule has 0 amide bonds. The van der Waals surface area contributed by atoms with E-state index in [0.717, 1.165) is 0 Å². The first-order chi connectivity index (χ1) is 9.61. The minimum absolute atomic E-state index is 0.227. The predicted molar refractivity (Wildman–Crippen MR) is 74.7 cm³/mol. The Morgan fingerprint density at radius 2 is 2.00 bits per heavy atom. The first kappa shape index (κ1) is 12.4. The molecule has 0 spiro atoms. The molecule has 20 heavy (non-hydrogen) atoms. The van der Waals surface area contributed by atoms with Gasteiger partial charge in [0.15, 0.2) is 5.65 Å². The fourth-order valence-electron chi connectivity index (χ4n) is 1.73. The van der Waals surface area contributed by atoms with E-state index in [1.54, 1.807) is 35.0 Å². The Balaban J connectivity index is 1.87. The first-order valence-electron chi connectivity index (χ1n) is 5.74. The Morgan fingerprint density at radius 1 is 1.25 bits per heavy atom. The van der Waals surface area contributed by atoms with Crippen LogP contribution in [0.25, 0.3) is 5.65 Å². The Morgan fingerprint density at radius 3 is 2.70 bits per heavy atom. The topological polar surface area (TPSA) is 79.5 Å². The number of aromatic nitrogens is 3. The van der Waals surface area contributed by atoms with E-state index in [0.29, 0.717) is 22.3 Å². The van der Waals surface area contributed by atoms with Crippen LogP contribution in [0.5, 0.6) is 0 Å². The number of nitrogens with one attached hydrogen (secondary N) is 1. The van der Waals surface area contributed by atoms with Gasteiger partial charge in [-0.25, -0.2) is 9.31 Å². The van der Waals surface area contributed by atoms with Gasteiger partial charge in [0.2, 0.25) is 5.95 Å². The molecule has 3 aromatic rings. The molecule has 3 rings (SSSR count). The Labute approximate surface area is 118 Å². The molecular weight excluding hydrogens is 280 g/mol. The second-order valence-corrected chi connectivity index (χ2v) is 4.53. The highest BCUT2D eigenvalue weighted by atomic mass is 35.5. The number of benzene rings is 1. The summed E-state index contributed by atoms with van der Waals surface area (Å²) in [5.41, 5.74) is 1.56. The Bertz CT molecular complexity index is 783. The monoisotopic (exact) mass is 288 g/mol. The number of fused-ring (bicyclic) bond motifs is 1. The fraction of sp³-hybridized carbons (Fsp3) is 0. The maximum atomic E-state index is 10.8. The summed E-state index contributed by atoms with van der Waals surface area (Å²) in [4.78, 5) is 15.0. The molecule has 0 aliphatic heterocycles. The lowest BCUT2D eigenvalue weighted by Gasteiger charge is -2.01. The van der Waals surface area contributed by atoms with Crippen molar-refractivity contribution in [3.63, 3.8) is 0 Å². The van der Waals surface area contributed by atoms with Crippen LogP contribution in [0.2, 0.25) is 5.02 Å². The average molecular weight is 289 g/mol. The molecule has 7 heteroatoms. The maximum Gasteiger partial charge on any atom is 0.335 e. The number of halogens is 1. The zero-order chi connectivity index (χ0) is 14.1. The zero-order valence-corrected chi connectivity index (χ0v) is 10.9. The van der Waals surface area contributed by atoms with Gasteiger partial charge in [0, 0.05) is 23.0 Å². The normalized spacial score (nSPS) is 10.7. The maximum absolute atomic E-state index is 10.8. The number of hydrogen-bond acceptors (Lipinski definition) is 4. The smallest absolute Gasteiger partial charge is 0.335 e. The van der Waals surface area contributed by atoms with Crippen molar-refractivity contribution in [3.8, 4) is 0 Å². The van der Waals surface area contributed by atoms with Gasteiger partial charge >= 0.3 is 5.97 Å². The number of carbonyl (C=O) groups is 1. The van der Waals surface area contributed by atoms with Gasteiger partial charge in [-0.3, -0.25) is 0 Å². The van der Waals surface area contributed by atoms with Crippen molar-refractivity contribution in [1.82, 2.24) is 14.6 Å². The highest BCUT2D eigenvalue weighted by molar-refractivity contribution is 6.30. The van der Waals surface area contributed by atoms with Crippen LogP contribution in [0.1, 0.15) is 10.4 Å². The van der Waals surface area contributed by atoms with E-state index >= 15 is 0 Å². The van der Waals surface area contributed by atoms with Gasteiger partial charge in [-0.2, -0.15) is 4.98 Å². The molecule has 0 saturated heterocycles. The second-order valence-electron chi connectivity index (χ2n) is 4.09. The second kappa shape index (κ2) is 4.82. The van der Waals surface area contributed by atoms with Gasteiger partial charge in [0.25, 0.3) is 0 Å². The number of anilines is 2. The number of aromatic carboxylic acids is 1. The SMILES string of the molecule is O=C(O)c1ccc(Nc2nc3cc(Cl)ccn3n2)cc1. The number of pyridine rings is 1. The molecule has 0 aliphatic rings. The lowest BCUT2D eigenvalue weighted by Crippen LogP contribution is -1.97. The van der Waals surface area contributed by atoms with Crippen LogP contribution in [0, 0.1) is 0 Å². The van der Waals surface area contributed by atoms with Gasteiger partial charge in [0.1, 0.15) is 0 Å². The minimum Gasteiger partial charge on any atom is -0.478 e. The molecule has 6 nitrogen and oxygen atoms in total. The molecule has 2 heterocycles. The number of carboxylic acid groups (broad SMARTS) is 1. The molecule has 0 aliphatic carbocycles. The van der Waals surface area contributed by atoms with Crippen molar-refractivity contribution in [3.05, 3.63) is 53.2 Å². The van der Waals surface area contributed by atoms with Gasteiger partial charge in [-0.15, -0.1) is 5.10 Å². The number of nitrogens with zero attached hydrogens (tertiary/aromatic N) is 3. The van der Waals surface area contributed by atoms with Crippen molar-refractivity contribution >= 4 is 34.9 Å². The third-order valence-electron chi connectivity index (χ3n) is 2.69. The quantitative estimate of drug-likeness (QED) is 0.775. The molecule has 2 N–H and O–H groups in total. The zero-order valence-electron chi connectivity index (χ0n) is 10.1. The third kappa shape index (κ3) is 2.41. The van der Waals surface area contributed by atoms with E-state index in [4.69, 9.17) is 16.7 Å². The van der Waals surface area contributed by atoms with Crippen molar-refractivity contribution in [2.45, 2.75) is 0 Å². The predicted octanol–water partition coefficient (Wildman–Crippen LogP) is 2.82. The summed E-state index contributed by atoms with van der Waals surface area (Å²) in [5.74, 6) is -0.549. The van der Waals surface area contributed by atoms with E-state index in [1.165, 1.54) is 12.1 Å². The lowest BCUT2D eigenvalue weighted by atomic mass is 10.2. The number of rotatable bonds is 3. The number of hydrogen-bond donors (Lipinski definition) is 2. The summed E-state index contributed by atoms with van der Waals surface area (Å²) in [5, 5.41) is 16.6. The van der Waals surface area contributed by atoms with E-state index in [-0.39, 0.29) is 5.56 Å². The van der Waals surface area contributed by atoms with E-state index in [9.17, 15) is 4.79 Å². The first-order valence-corrected chi connectivity index (χ1v) is 6.12. The number of carboxylic acids is 1. The van der Waals surface area contributed by atoms with Crippen LogP contribution in [-0.4, -0.2) is 25.7 Å². The molecule has 0 fully saturated rings. The van der Waals surface area contributed by atoms with Crippen LogP contribution >= 0.6 is 11.6 Å². The standard InChI is InChI=1S/C13H9ClN4O2/c14-9-5-6-18-11(7-9)16-13(17-18)15-10-3-1-8(2-4-10)12(19)20/h1-7H,(H,15,17)(H,19,20). The molecule has 100 valence electrons. The highest BCUT2D eigenvalue weighted by Crippen LogP contribution is 2.16. The van der Waals surface area contributed by atoms with Crippen LogP contribution in [-0.2, 0) is 0 Å². The summed E-state index contributed by atoms with van der Waals surface area (Å²) < 4.78 is 1.60. The molecular formula is C13H9ClN4O2. The summed E-state index contributed by atoms with van der Waals surface area (Å²) >= 11 is 5.88. The van der Waals surface area contributed by atoms with Crippen molar-refractivity contribution in [1.29, 1.82) is 0 Å². The molecule has 0 saturated carbocycles. The summed E-state index contributed by atoms with van der Waals surface area (Å²) in [6, 6.07) is 9.75. The minimum atomic E-state index is -0.961. The fourth-order valence-corrected chi connectivity index (χ4v) is 1.89. The highest BCUT2D eigenvalue weighted by Gasteiger charge is 2.05. The van der Waals surface area contributed by atoms with Crippen molar-refractivity contribution in [2.75, 3.05) is 5.32 Å². The van der Waals surface area contributed by atoms with Gasteiger partial charge in [0.05, 0.1) is 5.56 Å². The summed E-state index contributed by atoms with van der Waals surface area (Å²) in [6.07, 6.45) is 1.71. The largest absolute Gasteiger partial charge is 0.478 e. The van der Waals surface area contributed by atoms with Crippen molar-refractivity contribution < 1.29 is 9.90 Å². The third-order valence-corrected chi connectivity index (χ3v) is 2.92. The van der Waals surface area contributed by atoms with Gasteiger partial charge in [-0.05, 0) is 30.3 Å². The average Bonchev–Trinajstić information content (AvgIpc) is 2.80. The molecule has 0 atom stereocenters. The molecule has 1 aromatic carbocycles. The van der Waals surface area contributed by atoms with Gasteiger partial charge < -0.3 is 10.4 Å². The lowest BCUT2D eigenvalue weighted by molar-refractivity contribution is 0.0697. The van der Waals surface area contributed by atoms with E-state index in [1.807, 2.05) is 0 Å². The van der Waals surface area contributed by atoms with Crippen LogP contribution < -0.4 is 5.32 Å². The molecule has 0 unspecified atom stereocenters. The van der Waals surface area contributed by atoms with Crippen LogP contribution in [0.4, 0.5) is 11.6 Å². The van der Waals surface area contributed by atoms with E-state index < -0.39 is 5.97 Å². The summed E-state index contributed by atoms with van der Waals surface area (Å²) in [7, 11) is 0. The van der Waals surface area contributed by atoms with E-state index in [2.05, 4.69) is 15.4 Å².